The van der Waals surface area contributed by atoms with Crippen molar-refractivity contribution in [1.82, 2.24) is 4.90 Å². The van der Waals surface area contributed by atoms with Gasteiger partial charge in [0.15, 0.2) is 5.11 Å². The first-order chi connectivity index (χ1) is 20.8. The molecule has 43 heavy (non-hydrogen) atoms. The Kier molecular flexibility index (Phi) is 9.01. The third kappa shape index (κ3) is 6.51. The van der Waals surface area contributed by atoms with Crippen molar-refractivity contribution in [2.24, 2.45) is 0 Å². The molecule has 2 aliphatic heterocycles. The zero-order chi connectivity index (χ0) is 30.5. The summed E-state index contributed by atoms with van der Waals surface area (Å²) in [6.45, 7) is 2.95. The highest BCUT2D eigenvalue weighted by Crippen LogP contribution is 2.30. The number of hydrogen-bond donors (Lipinski definition) is 1. The maximum atomic E-state index is 13.8. The highest BCUT2D eigenvalue weighted by molar-refractivity contribution is 7.80. The number of methoxy groups -OCH3 is 1. The lowest BCUT2D eigenvalue weighted by atomic mass is 10.1. The molecule has 2 saturated heterocycles. The molecule has 10 nitrogen and oxygen atoms in total. The predicted molar refractivity (Wildman–Crippen MR) is 166 cm³/mol. The third-order valence-electron chi connectivity index (χ3n) is 7.38. The molecule has 222 valence electrons. The van der Waals surface area contributed by atoms with Crippen LogP contribution in [0, 0.1) is 0 Å². The standard InChI is InChI=1S/C32H32N4O6S/c1-3-42-31(40)22-8-14-25(15-9-22)36-30(39)27(19-28(37)33-23-10-16-26(41-2)17-11-23)35(32(36)43)20-21-6-12-24(13-7-21)34-18-4-5-29(34)38/h6-17,27H,3-5,18-20H2,1-2H3,(H,33,37)/t27-/m0/s1. The molecule has 0 spiro atoms. The predicted octanol–water partition coefficient (Wildman–Crippen LogP) is 4.53. The number of ether oxygens (including phenoxy) is 2. The maximum Gasteiger partial charge on any atom is 0.338 e. The lowest BCUT2D eigenvalue weighted by Crippen LogP contribution is -2.37. The van der Waals surface area contributed by atoms with Gasteiger partial charge in [-0.25, -0.2) is 4.79 Å². The maximum absolute atomic E-state index is 13.8. The molecule has 5 rings (SSSR count). The topological polar surface area (TPSA) is 108 Å². The van der Waals surface area contributed by atoms with E-state index in [9.17, 15) is 19.2 Å². The fourth-order valence-electron chi connectivity index (χ4n) is 5.17. The molecular formula is C32H32N4O6S. The molecule has 11 heteroatoms. The average Bonchev–Trinajstić information content (AvgIpc) is 3.54. The second kappa shape index (κ2) is 13.0. The number of amides is 3. The van der Waals surface area contributed by atoms with Crippen molar-refractivity contribution in [1.29, 1.82) is 0 Å². The van der Waals surface area contributed by atoms with E-state index in [-0.39, 0.29) is 42.4 Å². The highest BCUT2D eigenvalue weighted by Gasteiger charge is 2.44. The van der Waals surface area contributed by atoms with Crippen LogP contribution in [-0.4, -0.2) is 60.0 Å². The molecule has 2 aliphatic rings. The Labute approximate surface area is 255 Å². The van der Waals surface area contributed by atoms with E-state index in [1.807, 2.05) is 24.3 Å². The van der Waals surface area contributed by atoms with E-state index in [2.05, 4.69) is 5.32 Å². The van der Waals surface area contributed by atoms with Crippen LogP contribution in [0.3, 0.4) is 0 Å². The number of carbonyl (C=O) groups excluding carboxylic acids is 4. The Balaban J connectivity index is 1.38. The molecule has 1 atom stereocenters. The van der Waals surface area contributed by atoms with Crippen molar-refractivity contribution in [2.45, 2.75) is 38.8 Å². The fourth-order valence-corrected chi connectivity index (χ4v) is 5.56. The van der Waals surface area contributed by atoms with Crippen LogP contribution >= 0.6 is 12.2 Å². The van der Waals surface area contributed by atoms with E-state index in [0.29, 0.717) is 35.7 Å². The van der Waals surface area contributed by atoms with Gasteiger partial charge in [0.05, 0.1) is 31.4 Å². The van der Waals surface area contributed by atoms with E-state index < -0.39 is 12.0 Å². The summed E-state index contributed by atoms with van der Waals surface area (Å²) in [6, 6.07) is 20.1. The zero-order valence-corrected chi connectivity index (χ0v) is 24.8. The van der Waals surface area contributed by atoms with Gasteiger partial charge in [-0.05, 0) is 91.8 Å². The number of anilines is 3. The summed E-state index contributed by atoms with van der Waals surface area (Å²) in [5.74, 6) is -0.397. The van der Waals surface area contributed by atoms with Crippen LogP contribution in [0.2, 0.25) is 0 Å². The average molecular weight is 601 g/mol. The van der Waals surface area contributed by atoms with E-state index >= 15 is 0 Å². The molecule has 3 amide bonds. The Bertz CT molecular complexity index is 1520. The van der Waals surface area contributed by atoms with Crippen LogP contribution in [-0.2, 0) is 25.7 Å². The van der Waals surface area contributed by atoms with Crippen LogP contribution in [0.5, 0.6) is 5.75 Å². The van der Waals surface area contributed by atoms with E-state index in [1.54, 1.807) is 72.4 Å². The first-order valence-electron chi connectivity index (χ1n) is 14.0. The smallest absolute Gasteiger partial charge is 0.338 e. The summed E-state index contributed by atoms with van der Waals surface area (Å²) in [5, 5.41) is 3.09. The summed E-state index contributed by atoms with van der Waals surface area (Å²) in [6.07, 6.45) is 1.24. The Morgan fingerprint density at radius 2 is 1.63 bits per heavy atom. The number of carbonyl (C=O) groups is 4. The largest absolute Gasteiger partial charge is 0.497 e. The fraction of sp³-hybridized carbons (Fsp3) is 0.281. The van der Waals surface area contributed by atoms with Crippen molar-refractivity contribution in [3.05, 3.63) is 83.9 Å². The highest BCUT2D eigenvalue weighted by atomic mass is 32.1. The van der Waals surface area contributed by atoms with Crippen LogP contribution in [0.1, 0.15) is 42.1 Å². The van der Waals surface area contributed by atoms with Gasteiger partial charge in [-0.3, -0.25) is 19.3 Å². The van der Waals surface area contributed by atoms with Gasteiger partial charge in [-0.2, -0.15) is 0 Å². The minimum Gasteiger partial charge on any atom is -0.497 e. The number of nitrogens with one attached hydrogen (secondary N) is 1. The van der Waals surface area contributed by atoms with Crippen molar-refractivity contribution in [2.75, 3.05) is 35.4 Å². The van der Waals surface area contributed by atoms with Gasteiger partial charge in [0.2, 0.25) is 11.8 Å². The summed E-state index contributed by atoms with van der Waals surface area (Å²) in [7, 11) is 1.56. The first kappa shape index (κ1) is 29.7. The molecule has 3 aromatic carbocycles. The first-order valence-corrected chi connectivity index (χ1v) is 14.4. The van der Waals surface area contributed by atoms with Crippen molar-refractivity contribution in [3.8, 4) is 5.75 Å². The molecular weight excluding hydrogens is 568 g/mol. The van der Waals surface area contributed by atoms with Gasteiger partial charge in [0.1, 0.15) is 11.8 Å². The van der Waals surface area contributed by atoms with E-state index in [4.69, 9.17) is 21.7 Å². The third-order valence-corrected chi connectivity index (χ3v) is 7.80. The van der Waals surface area contributed by atoms with Crippen LogP contribution in [0.4, 0.5) is 17.1 Å². The molecule has 1 N–H and O–H groups in total. The molecule has 3 aromatic rings. The molecule has 0 radical (unpaired) electrons. The Hall–Kier alpha value is -4.77. The molecule has 0 saturated carbocycles. The quantitative estimate of drug-likeness (QED) is 0.267. The number of esters is 1. The summed E-state index contributed by atoms with van der Waals surface area (Å²) in [5.41, 5.74) is 3.10. The van der Waals surface area contributed by atoms with Gasteiger partial charge in [0, 0.05) is 30.9 Å². The lowest BCUT2D eigenvalue weighted by Gasteiger charge is -2.24. The van der Waals surface area contributed by atoms with Gasteiger partial charge in [-0.1, -0.05) is 12.1 Å². The zero-order valence-electron chi connectivity index (χ0n) is 23.9. The van der Waals surface area contributed by atoms with Gasteiger partial charge in [-0.15, -0.1) is 0 Å². The molecule has 2 fully saturated rings. The lowest BCUT2D eigenvalue weighted by molar-refractivity contribution is -0.124. The van der Waals surface area contributed by atoms with Crippen molar-refractivity contribution >= 4 is 58.1 Å². The normalized spacial score (nSPS) is 16.6. The number of rotatable bonds is 10. The number of nitrogens with zero attached hydrogens (tertiary/aromatic N) is 3. The molecule has 0 aromatic heterocycles. The van der Waals surface area contributed by atoms with Crippen molar-refractivity contribution < 1.29 is 28.7 Å². The number of hydrogen-bond acceptors (Lipinski definition) is 7. The SMILES string of the molecule is CCOC(=O)c1ccc(N2C(=O)[C@H](CC(=O)Nc3ccc(OC)cc3)N(Cc3ccc(N4CCCC4=O)cc3)C2=S)cc1. The van der Waals surface area contributed by atoms with Crippen LogP contribution in [0.25, 0.3) is 0 Å². The second-order valence-electron chi connectivity index (χ2n) is 10.2. The van der Waals surface area contributed by atoms with Crippen LogP contribution < -0.4 is 19.9 Å². The number of thiocarbonyl (C=S) groups is 1. The van der Waals surface area contributed by atoms with Gasteiger partial charge >= 0.3 is 5.97 Å². The van der Waals surface area contributed by atoms with E-state index in [1.165, 1.54) is 4.90 Å². The van der Waals surface area contributed by atoms with Crippen LogP contribution in [0.15, 0.2) is 72.8 Å². The monoisotopic (exact) mass is 600 g/mol. The second-order valence-corrected chi connectivity index (χ2v) is 10.5. The molecule has 0 bridgehead atoms. The van der Waals surface area contributed by atoms with Crippen molar-refractivity contribution in [3.63, 3.8) is 0 Å². The number of benzene rings is 3. The Morgan fingerprint density at radius 1 is 0.953 bits per heavy atom. The minimum absolute atomic E-state index is 0.103. The summed E-state index contributed by atoms with van der Waals surface area (Å²) < 4.78 is 10.2. The van der Waals surface area contributed by atoms with E-state index in [0.717, 1.165) is 17.7 Å². The van der Waals surface area contributed by atoms with Gasteiger partial charge in [0.25, 0.3) is 5.91 Å². The molecule has 0 unspecified atom stereocenters. The van der Waals surface area contributed by atoms with Gasteiger partial charge < -0.3 is 24.6 Å². The summed E-state index contributed by atoms with van der Waals surface area (Å²) >= 11 is 5.80. The Morgan fingerprint density at radius 3 is 2.23 bits per heavy atom. The molecule has 2 heterocycles. The minimum atomic E-state index is -0.865. The molecule has 0 aliphatic carbocycles. The summed E-state index contributed by atoms with van der Waals surface area (Å²) in [4.78, 5) is 56.2.